The van der Waals surface area contributed by atoms with Crippen molar-refractivity contribution in [2.75, 3.05) is 18.9 Å². The van der Waals surface area contributed by atoms with Gasteiger partial charge in [-0.3, -0.25) is 4.79 Å². The fourth-order valence-electron chi connectivity index (χ4n) is 1.95. The van der Waals surface area contributed by atoms with Gasteiger partial charge in [-0.25, -0.2) is 4.39 Å². The summed E-state index contributed by atoms with van der Waals surface area (Å²) in [5.41, 5.74) is 0.656. The van der Waals surface area contributed by atoms with E-state index in [2.05, 4.69) is 5.32 Å². The highest BCUT2D eigenvalue weighted by atomic mass is 19.1. The van der Waals surface area contributed by atoms with Crippen molar-refractivity contribution >= 4 is 11.6 Å². The zero-order chi connectivity index (χ0) is 13.7. The van der Waals surface area contributed by atoms with Crippen molar-refractivity contribution in [3.63, 3.8) is 0 Å². The number of benzene rings is 1. The van der Waals surface area contributed by atoms with Crippen LogP contribution in [0.25, 0.3) is 0 Å². The molecule has 1 rings (SSSR count). The van der Waals surface area contributed by atoms with Gasteiger partial charge in [-0.05, 0) is 32.4 Å². The summed E-state index contributed by atoms with van der Waals surface area (Å²) in [5.74, 6) is -0.528. The van der Waals surface area contributed by atoms with Crippen LogP contribution in [0.4, 0.5) is 10.1 Å². The minimum Gasteiger partial charge on any atom is -0.385 e. The first-order chi connectivity index (χ1) is 8.52. The Morgan fingerprint density at radius 3 is 2.61 bits per heavy atom. The molecule has 0 heterocycles. The molecular formula is C14H21FN2O. The molecule has 0 aromatic heterocycles. The predicted octanol–water partition coefficient (Wildman–Crippen LogP) is 3.13. The number of anilines is 1. The molecule has 4 heteroatoms. The third kappa shape index (κ3) is 3.00. The Morgan fingerprint density at radius 1 is 1.44 bits per heavy atom. The number of para-hydroxylation sites is 1. The fourth-order valence-corrected chi connectivity index (χ4v) is 1.95. The van der Waals surface area contributed by atoms with Gasteiger partial charge in [0.05, 0.1) is 11.3 Å². The first-order valence-corrected chi connectivity index (χ1v) is 6.30. The smallest absolute Gasteiger partial charge is 0.256 e. The Bertz CT molecular complexity index is 418. The number of nitrogens with zero attached hydrogens (tertiary/aromatic N) is 1. The van der Waals surface area contributed by atoms with Crippen molar-refractivity contribution in [2.45, 2.75) is 33.2 Å². The molecule has 0 bridgehead atoms. The molecule has 18 heavy (non-hydrogen) atoms. The van der Waals surface area contributed by atoms with Crippen LogP contribution >= 0.6 is 0 Å². The molecule has 1 aromatic carbocycles. The van der Waals surface area contributed by atoms with E-state index >= 15 is 0 Å². The molecule has 0 atom stereocenters. The average Bonchev–Trinajstić information content (AvgIpc) is 2.34. The quantitative estimate of drug-likeness (QED) is 0.873. The van der Waals surface area contributed by atoms with Crippen LogP contribution in [0.2, 0.25) is 0 Å². The molecule has 0 radical (unpaired) electrons. The lowest BCUT2D eigenvalue weighted by Gasteiger charge is -2.27. The summed E-state index contributed by atoms with van der Waals surface area (Å²) in [4.78, 5) is 14.2. The lowest BCUT2D eigenvalue weighted by molar-refractivity contribution is 0.0706. The van der Waals surface area contributed by atoms with Crippen molar-refractivity contribution < 1.29 is 9.18 Å². The third-order valence-electron chi connectivity index (χ3n) is 2.84. The van der Waals surface area contributed by atoms with Gasteiger partial charge in [0.2, 0.25) is 0 Å². The summed E-state index contributed by atoms with van der Waals surface area (Å²) in [5, 5.41) is 2.76. The fraction of sp³-hybridized carbons (Fsp3) is 0.500. The average molecular weight is 252 g/mol. The molecule has 0 aliphatic heterocycles. The molecule has 1 amide bonds. The Labute approximate surface area is 108 Å². The Balaban J connectivity index is 3.12. The summed E-state index contributed by atoms with van der Waals surface area (Å²) < 4.78 is 13.6. The number of hydrogen-bond acceptors (Lipinski definition) is 2. The molecule has 0 spiro atoms. The van der Waals surface area contributed by atoms with Gasteiger partial charge in [0.1, 0.15) is 5.82 Å². The summed E-state index contributed by atoms with van der Waals surface area (Å²) >= 11 is 0. The normalized spacial score (nSPS) is 10.6. The molecular weight excluding hydrogens is 231 g/mol. The maximum Gasteiger partial charge on any atom is 0.256 e. The van der Waals surface area contributed by atoms with Gasteiger partial charge >= 0.3 is 0 Å². The number of carbonyl (C=O) groups is 1. The number of halogens is 1. The second kappa shape index (κ2) is 6.38. The van der Waals surface area contributed by atoms with E-state index in [9.17, 15) is 9.18 Å². The summed E-state index contributed by atoms with van der Waals surface area (Å²) in [7, 11) is 1.62. The molecule has 0 saturated carbocycles. The number of hydrogen-bond donors (Lipinski definition) is 1. The minimum atomic E-state index is -0.399. The highest BCUT2D eigenvalue weighted by Gasteiger charge is 2.21. The minimum absolute atomic E-state index is 0.102. The maximum absolute atomic E-state index is 13.6. The SMILES string of the molecule is CCCN(C(=O)c1cccc(F)c1NC)C(C)C. The van der Waals surface area contributed by atoms with Crippen LogP contribution in [-0.2, 0) is 0 Å². The van der Waals surface area contributed by atoms with Crippen LogP contribution in [0.5, 0.6) is 0 Å². The van der Waals surface area contributed by atoms with Crippen LogP contribution in [0.15, 0.2) is 18.2 Å². The van der Waals surface area contributed by atoms with Gasteiger partial charge in [-0.15, -0.1) is 0 Å². The van der Waals surface area contributed by atoms with E-state index < -0.39 is 5.82 Å². The van der Waals surface area contributed by atoms with E-state index in [0.717, 1.165) is 6.42 Å². The lowest BCUT2D eigenvalue weighted by atomic mass is 10.1. The van der Waals surface area contributed by atoms with Gasteiger partial charge < -0.3 is 10.2 Å². The van der Waals surface area contributed by atoms with Gasteiger partial charge in [-0.2, -0.15) is 0 Å². The Hall–Kier alpha value is -1.58. The molecule has 0 fully saturated rings. The third-order valence-corrected chi connectivity index (χ3v) is 2.84. The van der Waals surface area contributed by atoms with Crippen molar-refractivity contribution in [2.24, 2.45) is 0 Å². The molecule has 0 aliphatic rings. The Kier molecular flexibility index (Phi) is 5.13. The van der Waals surface area contributed by atoms with Crippen molar-refractivity contribution in [1.82, 2.24) is 4.90 Å². The van der Waals surface area contributed by atoms with E-state index in [4.69, 9.17) is 0 Å². The highest BCUT2D eigenvalue weighted by Crippen LogP contribution is 2.21. The second-order valence-electron chi connectivity index (χ2n) is 4.50. The van der Waals surface area contributed by atoms with E-state index in [1.807, 2.05) is 20.8 Å². The first kappa shape index (κ1) is 14.5. The molecule has 0 saturated heterocycles. The summed E-state index contributed by atoms with van der Waals surface area (Å²) in [6, 6.07) is 4.67. The number of amides is 1. The summed E-state index contributed by atoms with van der Waals surface area (Å²) in [6.45, 7) is 6.63. The van der Waals surface area contributed by atoms with Crippen molar-refractivity contribution in [1.29, 1.82) is 0 Å². The zero-order valence-electron chi connectivity index (χ0n) is 11.5. The van der Waals surface area contributed by atoms with Crippen molar-refractivity contribution in [3.05, 3.63) is 29.6 Å². The van der Waals surface area contributed by atoms with Gasteiger partial charge in [0.25, 0.3) is 5.91 Å². The highest BCUT2D eigenvalue weighted by molar-refractivity contribution is 5.99. The van der Waals surface area contributed by atoms with Crippen LogP contribution in [0.1, 0.15) is 37.6 Å². The van der Waals surface area contributed by atoms with Gasteiger partial charge in [0.15, 0.2) is 0 Å². The molecule has 0 unspecified atom stereocenters. The van der Waals surface area contributed by atoms with E-state index in [1.54, 1.807) is 24.1 Å². The van der Waals surface area contributed by atoms with E-state index in [1.165, 1.54) is 6.07 Å². The van der Waals surface area contributed by atoms with Crippen molar-refractivity contribution in [3.8, 4) is 0 Å². The maximum atomic E-state index is 13.6. The first-order valence-electron chi connectivity index (χ1n) is 6.30. The second-order valence-corrected chi connectivity index (χ2v) is 4.50. The molecule has 100 valence electrons. The standard InChI is InChI=1S/C14H21FN2O/c1-5-9-17(10(2)3)14(18)11-7-6-8-12(15)13(11)16-4/h6-8,10,16H,5,9H2,1-4H3. The number of rotatable bonds is 5. The van der Waals surface area contributed by atoms with Crippen LogP contribution in [0.3, 0.4) is 0 Å². The van der Waals surface area contributed by atoms with Crippen LogP contribution in [-0.4, -0.2) is 30.4 Å². The van der Waals surface area contributed by atoms with E-state index in [0.29, 0.717) is 12.1 Å². The van der Waals surface area contributed by atoms with Crippen LogP contribution in [0, 0.1) is 5.82 Å². The van der Waals surface area contributed by atoms with Gasteiger partial charge in [0, 0.05) is 19.6 Å². The molecule has 0 aliphatic carbocycles. The zero-order valence-corrected chi connectivity index (χ0v) is 11.5. The van der Waals surface area contributed by atoms with Crippen LogP contribution < -0.4 is 5.32 Å². The molecule has 1 aromatic rings. The summed E-state index contributed by atoms with van der Waals surface area (Å²) in [6.07, 6.45) is 0.883. The topological polar surface area (TPSA) is 32.3 Å². The predicted molar refractivity (Wildman–Crippen MR) is 72.4 cm³/mol. The number of nitrogens with one attached hydrogen (secondary N) is 1. The largest absolute Gasteiger partial charge is 0.385 e. The van der Waals surface area contributed by atoms with Gasteiger partial charge in [-0.1, -0.05) is 13.0 Å². The monoisotopic (exact) mass is 252 g/mol. The molecule has 1 N–H and O–H groups in total. The lowest BCUT2D eigenvalue weighted by Crippen LogP contribution is -2.37. The molecule has 3 nitrogen and oxygen atoms in total. The van der Waals surface area contributed by atoms with E-state index in [-0.39, 0.29) is 17.6 Å². The number of carbonyl (C=O) groups excluding carboxylic acids is 1. The Morgan fingerprint density at radius 2 is 2.11 bits per heavy atom.